The number of carbonyl (C=O) groups excluding carboxylic acids is 2. The summed E-state index contributed by atoms with van der Waals surface area (Å²) < 4.78 is 5.79. The zero-order valence-electron chi connectivity index (χ0n) is 15.8. The highest BCUT2D eigenvalue weighted by atomic mass is 35.5. The van der Waals surface area contributed by atoms with Crippen molar-refractivity contribution in [3.05, 3.63) is 35.2 Å². The first-order valence-electron chi connectivity index (χ1n) is 9.65. The second-order valence-electron chi connectivity index (χ2n) is 7.49. The minimum absolute atomic E-state index is 0.0464. The van der Waals surface area contributed by atoms with Crippen molar-refractivity contribution in [2.75, 3.05) is 13.1 Å². The van der Waals surface area contributed by atoms with E-state index in [0.717, 1.165) is 18.4 Å². The van der Waals surface area contributed by atoms with Crippen molar-refractivity contribution in [1.29, 1.82) is 0 Å². The normalized spacial score (nSPS) is 17.6. The molecule has 1 saturated carbocycles. The van der Waals surface area contributed by atoms with E-state index in [1.807, 2.05) is 21.9 Å². The number of hydrogen-bond donors (Lipinski definition) is 0. The third-order valence-electron chi connectivity index (χ3n) is 5.42. The Hall–Kier alpha value is -2.41. The van der Waals surface area contributed by atoms with Crippen LogP contribution in [0.25, 0.3) is 11.5 Å². The third kappa shape index (κ3) is 4.19. The Bertz CT molecular complexity index is 855. The lowest BCUT2D eigenvalue weighted by Crippen LogP contribution is -2.44. The van der Waals surface area contributed by atoms with E-state index in [4.69, 9.17) is 16.0 Å². The van der Waals surface area contributed by atoms with Gasteiger partial charge in [0, 0.05) is 42.6 Å². The van der Waals surface area contributed by atoms with Gasteiger partial charge >= 0.3 is 0 Å². The van der Waals surface area contributed by atoms with Gasteiger partial charge in [-0.25, -0.2) is 0 Å². The van der Waals surface area contributed by atoms with E-state index in [0.29, 0.717) is 49.3 Å². The van der Waals surface area contributed by atoms with E-state index in [9.17, 15) is 9.59 Å². The van der Waals surface area contributed by atoms with Crippen LogP contribution in [0, 0.1) is 5.92 Å². The lowest BCUT2D eigenvalue weighted by Gasteiger charge is -2.33. The molecule has 148 valence electrons. The molecule has 2 heterocycles. The van der Waals surface area contributed by atoms with Crippen LogP contribution in [0.2, 0.25) is 5.02 Å². The highest BCUT2D eigenvalue weighted by Crippen LogP contribution is 2.32. The molecule has 1 aromatic heterocycles. The molecule has 28 heavy (non-hydrogen) atoms. The summed E-state index contributed by atoms with van der Waals surface area (Å²) >= 11 is 5.92. The zero-order chi connectivity index (χ0) is 19.7. The van der Waals surface area contributed by atoms with Gasteiger partial charge in [0.2, 0.25) is 23.6 Å². The molecular formula is C20H23ClN4O3. The number of carbonyl (C=O) groups is 2. The topological polar surface area (TPSA) is 79.5 Å². The molecule has 2 aromatic rings. The van der Waals surface area contributed by atoms with Gasteiger partial charge in [-0.2, -0.15) is 0 Å². The molecule has 0 radical (unpaired) electrons. The smallest absolute Gasteiger partial charge is 0.247 e. The van der Waals surface area contributed by atoms with Crippen molar-refractivity contribution in [2.45, 2.75) is 45.2 Å². The van der Waals surface area contributed by atoms with E-state index in [1.54, 1.807) is 19.1 Å². The Morgan fingerprint density at radius 1 is 1.14 bits per heavy atom. The number of halogens is 1. The van der Waals surface area contributed by atoms with Crippen LogP contribution in [-0.2, 0) is 16.1 Å². The minimum Gasteiger partial charge on any atom is -0.419 e. The second kappa shape index (κ2) is 7.91. The molecule has 0 atom stereocenters. The van der Waals surface area contributed by atoms with Crippen LogP contribution in [0.1, 0.15) is 38.5 Å². The highest BCUT2D eigenvalue weighted by Gasteiger charge is 2.38. The van der Waals surface area contributed by atoms with Gasteiger partial charge in [0.25, 0.3) is 0 Å². The molecule has 0 N–H and O–H groups in total. The molecule has 2 amide bonds. The lowest BCUT2D eigenvalue weighted by molar-refractivity contribution is -0.141. The number of nitrogens with zero attached hydrogens (tertiary/aromatic N) is 4. The van der Waals surface area contributed by atoms with Crippen LogP contribution < -0.4 is 0 Å². The van der Waals surface area contributed by atoms with E-state index < -0.39 is 0 Å². The molecule has 2 fully saturated rings. The molecule has 1 aliphatic heterocycles. The Balaban J connectivity index is 1.42. The predicted molar refractivity (Wildman–Crippen MR) is 103 cm³/mol. The van der Waals surface area contributed by atoms with E-state index >= 15 is 0 Å². The van der Waals surface area contributed by atoms with Gasteiger partial charge in [0.05, 0.1) is 6.54 Å². The van der Waals surface area contributed by atoms with Crippen molar-refractivity contribution in [3.8, 4) is 11.5 Å². The van der Waals surface area contributed by atoms with Crippen LogP contribution in [-0.4, -0.2) is 50.9 Å². The fourth-order valence-corrected chi connectivity index (χ4v) is 3.75. The van der Waals surface area contributed by atoms with Gasteiger partial charge in [0.15, 0.2) is 0 Å². The monoisotopic (exact) mass is 402 g/mol. The van der Waals surface area contributed by atoms with Crippen molar-refractivity contribution in [3.63, 3.8) is 0 Å². The SMILES string of the molecule is CC(=O)N1CCC(C(=O)N(Cc2nnc(-c3ccc(Cl)cc3)o2)C2CC2)CC1. The van der Waals surface area contributed by atoms with Gasteiger partial charge in [-0.1, -0.05) is 11.6 Å². The Kier molecular flexibility index (Phi) is 5.35. The fourth-order valence-electron chi connectivity index (χ4n) is 3.62. The van der Waals surface area contributed by atoms with Crippen LogP contribution in [0.4, 0.5) is 0 Å². The maximum absolute atomic E-state index is 13.1. The molecular weight excluding hydrogens is 380 g/mol. The van der Waals surface area contributed by atoms with E-state index in [-0.39, 0.29) is 23.8 Å². The minimum atomic E-state index is -0.0464. The first kappa shape index (κ1) is 18.9. The molecule has 1 saturated heterocycles. The van der Waals surface area contributed by atoms with Gasteiger partial charge in [-0.15, -0.1) is 10.2 Å². The quantitative estimate of drug-likeness (QED) is 0.767. The number of amides is 2. The summed E-state index contributed by atoms with van der Waals surface area (Å²) in [5.74, 6) is 1.02. The molecule has 0 bridgehead atoms. The summed E-state index contributed by atoms with van der Waals surface area (Å²) in [6, 6.07) is 7.45. The summed E-state index contributed by atoms with van der Waals surface area (Å²) in [4.78, 5) is 28.3. The third-order valence-corrected chi connectivity index (χ3v) is 5.68. The summed E-state index contributed by atoms with van der Waals surface area (Å²) in [6.45, 7) is 3.19. The molecule has 0 spiro atoms. The Morgan fingerprint density at radius 3 is 2.43 bits per heavy atom. The predicted octanol–water partition coefficient (Wildman–Crippen LogP) is 3.14. The van der Waals surface area contributed by atoms with Crippen molar-refractivity contribution < 1.29 is 14.0 Å². The maximum atomic E-state index is 13.1. The second-order valence-corrected chi connectivity index (χ2v) is 7.92. The maximum Gasteiger partial charge on any atom is 0.247 e. The lowest BCUT2D eigenvalue weighted by atomic mass is 9.95. The van der Waals surface area contributed by atoms with Gasteiger partial charge < -0.3 is 14.2 Å². The number of benzene rings is 1. The van der Waals surface area contributed by atoms with Crippen LogP contribution in [0.3, 0.4) is 0 Å². The van der Waals surface area contributed by atoms with Crippen molar-refractivity contribution in [2.24, 2.45) is 5.92 Å². The van der Waals surface area contributed by atoms with E-state index in [2.05, 4.69) is 10.2 Å². The molecule has 1 aromatic carbocycles. The first-order valence-corrected chi connectivity index (χ1v) is 10.0. The Morgan fingerprint density at radius 2 is 1.82 bits per heavy atom. The number of rotatable bonds is 5. The van der Waals surface area contributed by atoms with Crippen molar-refractivity contribution in [1.82, 2.24) is 20.0 Å². The first-order chi connectivity index (χ1) is 13.5. The molecule has 4 rings (SSSR count). The van der Waals surface area contributed by atoms with Gasteiger partial charge in [-0.3, -0.25) is 9.59 Å². The number of hydrogen-bond acceptors (Lipinski definition) is 5. The van der Waals surface area contributed by atoms with Gasteiger partial charge in [-0.05, 0) is 49.9 Å². The van der Waals surface area contributed by atoms with Gasteiger partial charge in [0.1, 0.15) is 0 Å². The molecule has 2 aliphatic rings. The zero-order valence-corrected chi connectivity index (χ0v) is 16.6. The number of piperidine rings is 1. The summed E-state index contributed by atoms with van der Waals surface area (Å²) in [6.07, 6.45) is 3.44. The standard InChI is InChI=1S/C20H23ClN4O3/c1-13(26)24-10-8-15(9-11-24)20(27)25(17-6-7-17)12-18-22-23-19(28-18)14-2-4-16(21)5-3-14/h2-5,15,17H,6-12H2,1H3. The number of aromatic nitrogens is 2. The van der Waals surface area contributed by atoms with E-state index in [1.165, 1.54) is 0 Å². The molecule has 0 unspecified atom stereocenters. The highest BCUT2D eigenvalue weighted by molar-refractivity contribution is 6.30. The molecule has 8 heteroatoms. The largest absolute Gasteiger partial charge is 0.419 e. The van der Waals surface area contributed by atoms with Crippen LogP contribution >= 0.6 is 11.6 Å². The molecule has 7 nitrogen and oxygen atoms in total. The van der Waals surface area contributed by atoms with Crippen LogP contribution in [0.15, 0.2) is 28.7 Å². The average molecular weight is 403 g/mol. The number of likely N-dealkylation sites (tertiary alicyclic amines) is 1. The average Bonchev–Trinajstić information content (AvgIpc) is 3.44. The Labute approximate surface area is 168 Å². The summed E-state index contributed by atoms with van der Waals surface area (Å²) in [5.41, 5.74) is 0.795. The summed E-state index contributed by atoms with van der Waals surface area (Å²) in [7, 11) is 0. The molecule has 1 aliphatic carbocycles. The van der Waals surface area contributed by atoms with Crippen LogP contribution in [0.5, 0.6) is 0 Å². The van der Waals surface area contributed by atoms with Crippen molar-refractivity contribution >= 4 is 23.4 Å². The fraction of sp³-hybridized carbons (Fsp3) is 0.500. The summed E-state index contributed by atoms with van der Waals surface area (Å²) in [5, 5.41) is 8.88.